The van der Waals surface area contributed by atoms with E-state index in [1.807, 2.05) is 58.0 Å². The van der Waals surface area contributed by atoms with Crippen LogP contribution in [0.4, 0.5) is 5.69 Å². The van der Waals surface area contributed by atoms with Crippen molar-refractivity contribution in [1.29, 1.82) is 0 Å². The van der Waals surface area contributed by atoms with Crippen molar-refractivity contribution in [1.82, 2.24) is 5.32 Å². The van der Waals surface area contributed by atoms with Crippen LogP contribution in [-0.2, 0) is 4.79 Å². The van der Waals surface area contributed by atoms with Crippen LogP contribution in [0.2, 0.25) is 0 Å². The summed E-state index contributed by atoms with van der Waals surface area (Å²) >= 11 is 1.52. The summed E-state index contributed by atoms with van der Waals surface area (Å²) in [6.45, 7) is 17.5. The van der Waals surface area contributed by atoms with E-state index in [-0.39, 0.29) is 5.91 Å². The predicted octanol–water partition coefficient (Wildman–Crippen LogP) is 5.62. The number of rotatable bonds is 7. The van der Waals surface area contributed by atoms with Crippen molar-refractivity contribution in [2.24, 2.45) is 15.0 Å². The van der Waals surface area contributed by atoms with Gasteiger partial charge in [0.2, 0.25) is 5.91 Å². The van der Waals surface area contributed by atoms with Crippen LogP contribution in [0.1, 0.15) is 40.2 Å². The number of amides is 1. The molecule has 0 radical (unpaired) electrons. The minimum Gasteiger partial charge on any atom is -0.347 e. The quantitative estimate of drug-likeness (QED) is 0.360. The molecule has 0 atom stereocenters. The number of carbonyl (C=O) groups excluding carboxylic acids is 1. The topological polar surface area (TPSA) is 66.2 Å². The number of thioether (sulfide) groups is 1. The van der Waals surface area contributed by atoms with E-state index in [4.69, 9.17) is 0 Å². The van der Waals surface area contributed by atoms with Crippen LogP contribution < -0.4 is 5.32 Å². The number of allylic oxidation sites excluding steroid dienone is 6. The molecule has 1 aromatic carbocycles. The third-order valence-corrected chi connectivity index (χ3v) is 4.91. The SMILES string of the molecule is C=N/C(C)=C1/C=C(c2ccc(SCNC(C)=O)c(N=C)c2)C=CC1=NCC.CC. The van der Waals surface area contributed by atoms with Crippen LogP contribution in [0, 0.1) is 0 Å². The summed E-state index contributed by atoms with van der Waals surface area (Å²) in [5, 5.41) is 2.77. The van der Waals surface area contributed by atoms with Crippen molar-refractivity contribution in [2.75, 3.05) is 12.4 Å². The first-order valence-electron chi connectivity index (χ1n) is 9.60. The van der Waals surface area contributed by atoms with Gasteiger partial charge in [0, 0.05) is 29.6 Å². The second kappa shape index (κ2) is 12.7. The number of carbonyl (C=O) groups is 1. The third-order valence-electron chi connectivity index (χ3n) is 3.96. The van der Waals surface area contributed by atoms with Crippen molar-refractivity contribution < 1.29 is 4.79 Å². The lowest BCUT2D eigenvalue weighted by molar-refractivity contribution is -0.118. The first kappa shape index (κ1) is 24.3. The number of hydrogen-bond donors (Lipinski definition) is 1. The molecular weight excluding hydrogens is 380 g/mol. The molecule has 0 bridgehead atoms. The zero-order chi connectivity index (χ0) is 21.8. The van der Waals surface area contributed by atoms with Crippen LogP contribution in [0.3, 0.4) is 0 Å². The maximum absolute atomic E-state index is 11.0. The lowest BCUT2D eigenvalue weighted by Gasteiger charge is -2.15. The van der Waals surface area contributed by atoms with E-state index in [0.29, 0.717) is 12.4 Å². The second-order valence-electron chi connectivity index (χ2n) is 5.81. The molecule has 5 nitrogen and oxygen atoms in total. The lowest BCUT2D eigenvalue weighted by atomic mass is 9.93. The normalized spacial score (nSPS) is 15.8. The predicted molar refractivity (Wildman–Crippen MR) is 129 cm³/mol. The van der Waals surface area contributed by atoms with Crippen molar-refractivity contribution in [3.63, 3.8) is 0 Å². The molecule has 0 aromatic heterocycles. The summed E-state index contributed by atoms with van der Waals surface area (Å²) < 4.78 is 0. The number of benzene rings is 1. The van der Waals surface area contributed by atoms with Gasteiger partial charge in [-0.2, -0.15) is 0 Å². The van der Waals surface area contributed by atoms with Crippen molar-refractivity contribution in [2.45, 2.75) is 39.5 Å². The summed E-state index contributed by atoms with van der Waals surface area (Å²) in [7, 11) is 0. The highest BCUT2D eigenvalue weighted by Crippen LogP contribution is 2.34. The molecule has 0 unspecified atom stereocenters. The molecule has 1 amide bonds. The molecule has 0 heterocycles. The lowest BCUT2D eigenvalue weighted by Crippen LogP contribution is -2.18. The number of nitrogens with one attached hydrogen (secondary N) is 1. The summed E-state index contributed by atoms with van der Waals surface area (Å²) in [5.74, 6) is 0.438. The fraction of sp³-hybridized carbons (Fsp3) is 0.304. The number of hydrogen-bond acceptors (Lipinski definition) is 5. The molecule has 0 aliphatic heterocycles. The van der Waals surface area contributed by atoms with E-state index in [1.54, 1.807) is 0 Å². The highest BCUT2D eigenvalue weighted by Gasteiger charge is 2.14. The van der Waals surface area contributed by atoms with Crippen LogP contribution in [0.5, 0.6) is 0 Å². The van der Waals surface area contributed by atoms with Crippen LogP contribution in [-0.4, -0.2) is 37.5 Å². The van der Waals surface area contributed by atoms with Gasteiger partial charge in [0.1, 0.15) is 0 Å². The molecule has 0 fully saturated rings. The molecule has 0 saturated heterocycles. The fourth-order valence-electron chi connectivity index (χ4n) is 2.56. The second-order valence-corrected chi connectivity index (χ2v) is 6.83. The van der Waals surface area contributed by atoms with Gasteiger partial charge in [-0.3, -0.25) is 19.8 Å². The molecule has 154 valence electrons. The van der Waals surface area contributed by atoms with Crippen molar-refractivity contribution >= 4 is 48.1 Å². The number of aliphatic imine (C=N–C) groups is 3. The Morgan fingerprint density at radius 1 is 1.17 bits per heavy atom. The molecule has 0 spiro atoms. The van der Waals surface area contributed by atoms with Gasteiger partial charge in [-0.1, -0.05) is 26.0 Å². The minimum absolute atomic E-state index is 0.0557. The van der Waals surface area contributed by atoms with Crippen molar-refractivity contribution in [3.05, 3.63) is 53.3 Å². The Morgan fingerprint density at radius 3 is 2.48 bits per heavy atom. The van der Waals surface area contributed by atoms with Gasteiger partial charge < -0.3 is 5.32 Å². The monoisotopic (exact) mass is 410 g/mol. The summed E-state index contributed by atoms with van der Waals surface area (Å²) in [6, 6.07) is 6.03. The average molecular weight is 411 g/mol. The Bertz CT molecular complexity index is 879. The first-order valence-corrected chi connectivity index (χ1v) is 10.6. The van der Waals surface area contributed by atoms with E-state index >= 15 is 0 Å². The molecule has 1 aromatic rings. The maximum atomic E-state index is 11.0. The fourth-order valence-corrected chi connectivity index (χ4v) is 3.42. The van der Waals surface area contributed by atoms with E-state index in [2.05, 4.69) is 39.8 Å². The largest absolute Gasteiger partial charge is 0.347 e. The number of nitrogens with zero attached hydrogens (tertiary/aromatic N) is 3. The molecule has 2 rings (SSSR count). The Morgan fingerprint density at radius 2 is 1.90 bits per heavy atom. The standard InChI is InChI=1S/C21H24N4OS.C2H6/c1-6-24-19-9-7-16(11-18(19)14(2)22-4)17-8-10-21(20(12-17)23-5)27-13-25-15(3)26;1-2/h7-12H,4-6,13H2,1-3H3,(H,25,26);1-2H3/b18-14-,24-19?;. The van der Waals surface area contributed by atoms with Gasteiger partial charge in [0.15, 0.2) is 0 Å². The molecule has 1 aliphatic carbocycles. The Hall–Kier alpha value is -2.73. The van der Waals surface area contributed by atoms with Gasteiger partial charge in [0.25, 0.3) is 0 Å². The Kier molecular flexibility index (Phi) is 10.6. The summed E-state index contributed by atoms with van der Waals surface area (Å²) in [5.41, 5.74) is 5.59. The molecule has 1 aliphatic rings. The van der Waals surface area contributed by atoms with Gasteiger partial charge in [-0.25, -0.2) is 0 Å². The highest BCUT2D eigenvalue weighted by molar-refractivity contribution is 7.99. The summed E-state index contributed by atoms with van der Waals surface area (Å²) in [4.78, 5) is 24.7. The van der Waals surface area contributed by atoms with Gasteiger partial charge in [-0.15, -0.1) is 11.8 Å². The Balaban J connectivity index is 0.00000204. The molecule has 1 N–H and O–H groups in total. The van der Waals surface area contributed by atoms with Gasteiger partial charge in [-0.05, 0) is 62.7 Å². The molecule has 6 heteroatoms. The molecule has 0 saturated carbocycles. The van der Waals surface area contributed by atoms with Crippen LogP contribution in [0.25, 0.3) is 5.57 Å². The van der Waals surface area contributed by atoms with E-state index < -0.39 is 0 Å². The van der Waals surface area contributed by atoms with Gasteiger partial charge >= 0.3 is 0 Å². The minimum atomic E-state index is -0.0557. The molecule has 29 heavy (non-hydrogen) atoms. The zero-order valence-electron chi connectivity index (χ0n) is 18.0. The highest BCUT2D eigenvalue weighted by atomic mass is 32.2. The van der Waals surface area contributed by atoms with Crippen molar-refractivity contribution in [3.8, 4) is 0 Å². The van der Waals surface area contributed by atoms with E-state index in [0.717, 1.165) is 38.7 Å². The zero-order valence-corrected chi connectivity index (χ0v) is 18.8. The van der Waals surface area contributed by atoms with E-state index in [1.165, 1.54) is 18.7 Å². The first-order chi connectivity index (χ1) is 14.0. The van der Waals surface area contributed by atoms with Crippen LogP contribution >= 0.6 is 11.8 Å². The average Bonchev–Trinajstić information content (AvgIpc) is 2.75. The summed E-state index contributed by atoms with van der Waals surface area (Å²) in [6.07, 6.45) is 6.12. The van der Waals surface area contributed by atoms with E-state index in [9.17, 15) is 4.79 Å². The maximum Gasteiger partial charge on any atom is 0.217 e. The van der Waals surface area contributed by atoms with Crippen LogP contribution in [0.15, 0.2) is 67.6 Å². The Labute approximate surface area is 178 Å². The van der Waals surface area contributed by atoms with Gasteiger partial charge in [0.05, 0.1) is 17.3 Å². The smallest absolute Gasteiger partial charge is 0.217 e. The molecular formula is C23H30N4OS. The third kappa shape index (κ3) is 6.98.